The second-order valence-corrected chi connectivity index (χ2v) is 9.45. The summed E-state index contributed by atoms with van der Waals surface area (Å²) in [5, 5.41) is 2.92. The van der Waals surface area contributed by atoms with Crippen molar-refractivity contribution in [2.45, 2.75) is 9.79 Å². The van der Waals surface area contributed by atoms with Crippen molar-refractivity contribution in [3.63, 3.8) is 0 Å². The first-order chi connectivity index (χ1) is 11.5. The summed E-state index contributed by atoms with van der Waals surface area (Å²) in [5.74, 6) is -0.371. The largest absolute Gasteiger partial charge is 0.312 e. The van der Waals surface area contributed by atoms with Crippen molar-refractivity contribution in [2.75, 3.05) is 5.32 Å². The molecule has 1 amide bonds. The predicted octanol–water partition coefficient (Wildman–Crippen LogP) is 4.62. The molecule has 0 aliphatic rings. The van der Waals surface area contributed by atoms with Crippen LogP contribution in [0.25, 0.3) is 0 Å². The minimum absolute atomic E-state index is 0.0111. The van der Waals surface area contributed by atoms with Gasteiger partial charge in [-0.25, -0.2) is 8.42 Å². The van der Waals surface area contributed by atoms with Gasteiger partial charge in [-0.3, -0.25) is 4.79 Å². The van der Waals surface area contributed by atoms with E-state index >= 15 is 0 Å². The standard InChI is InChI=1S/C16H11NO3S4/c18-14(11-7-3-1-4-8-11)17-15-13(16(21)23-22-15)24(19,20)12-9-5-2-6-10-12/h1-10H,(H,17,18). The number of carbonyl (C=O) groups excluding carboxylic acids is 1. The Bertz CT molecular complexity index is 1020. The molecule has 0 spiro atoms. The molecule has 0 atom stereocenters. The van der Waals surface area contributed by atoms with Gasteiger partial charge < -0.3 is 5.32 Å². The van der Waals surface area contributed by atoms with Crippen LogP contribution in [-0.4, -0.2) is 14.3 Å². The Balaban J connectivity index is 2.02. The smallest absolute Gasteiger partial charge is 0.256 e. The summed E-state index contributed by atoms with van der Waals surface area (Å²) in [6.45, 7) is 0. The van der Waals surface area contributed by atoms with Crippen LogP contribution in [0.1, 0.15) is 10.4 Å². The van der Waals surface area contributed by atoms with Crippen molar-refractivity contribution >= 4 is 53.6 Å². The summed E-state index contributed by atoms with van der Waals surface area (Å²) in [4.78, 5) is 12.4. The number of carbonyl (C=O) groups is 1. The van der Waals surface area contributed by atoms with Gasteiger partial charge in [-0.15, -0.1) is 0 Å². The molecule has 2 aromatic carbocycles. The monoisotopic (exact) mass is 393 g/mol. The lowest BCUT2D eigenvalue weighted by Gasteiger charge is -2.07. The van der Waals surface area contributed by atoms with Gasteiger partial charge in [0.05, 0.1) is 4.90 Å². The van der Waals surface area contributed by atoms with Crippen molar-refractivity contribution in [3.05, 3.63) is 70.1 Å². The summed E-state index contributed by atoms with van der Waals surface area (Å²) in [7, 11) is -1.48. The summed E-state index contributed by atoms with van der Waals surface area (Å²) in [5.41, 5.74) is 0.449. The molecule has 0 fully saturated rings. The maximum absolute atomic E-state index is 12.8. The van der Waals surface area contributed by atoms with E-state index in [0.29, 0.717) is 5.56 Å². The second-order valence-electron chi connectivity index (χ2n) is 4.75. The van der Waals surface area contributed by atoms with Crippen molar-refractivity contribution in [3.8, 4) is 0 Å². The molecule has 24 heavy (non-hydrogen) atoms. The number of nitrogens with one attached hydrogen (secondary N) is 1. The first-order valence-electron chi connectivity index (χ1n) is 6.80. The van der Waals surface area contributed by atoms with Crippen LogP contribution in [0, 0.1) is 3.82 Å². The lowest BCUT2D eigenvalue weighted by Crippen LogP contribution is -2.13. The Morgan fingerprint density at radius 1 is 0.917 bits per heavy atom. The van der Waals surface area contributed by atoms with E-state index in [9.17, 15) is 13.2 Å². The summed E-state index contributed by atoms with van der Waals surface area (Å²) in [6.07, 6.45) is 0. The topological polar surface area (TPSA) is 63.2 Å². The van der Waals surface area contributed by atoms with E-state index in [1.807, 2.05) is 0 Å². The average molecular weight is 394 g/mol. The van der Waals surface area contributed by atoms with Gasteiger partial charge in [-0.2, -0.15) is 0 Å². The van der Waals surface area contributed by atoms with Gasteiger partial charge in [0, 0.05) is 5.56 Å². The summed E-state index contributed by atoms with van der Waals surface area (Å²) in [6, 6.07) is 16.7. The average Bonchev–Trinajstić information content (AvgIpc) is 2.97. The molecule has 122 valence electrons. The molecule has 4 nitrogen and oxygen atoms in total. The lowest BCUT2D eigenvalue weighted by atomic mass is 10.2. The highest BCUT2D eigenvalue weighted by molar-refractivity contribution is 7.93. The highest BCUT2D eigenvalue weighted by Crippen LogP contribution is 2.37. The Morgan fingerprint density at radius 2 is 1.50 bits per heavy atom. The zero-order valence-electron chi connectivity index (χ0n) is 12.1. The molecule has 0 saturated carbocycles. The van der Waals surface area contributed by atoms with Gasteiger partial charge in [-0.1, -0.05) is 69.3 Å². The highest BCUT2D eigenvalue weighted by atomic mass is 32.9. The molecule has 0 saturated heterocycles. The quantitative estimate of drug-likeness (QED) is 0.519. The highest BCUT2D eigenvalue weighted by Gasteiger charge is 2.26. The SMILES string of the molecule is O=C(Nc1ssc(=S)c1S(=O)(=O)c1ccccc1)c1ccccc1. The maximum atomic E-state index is 12.8. The van der Waals surface area contributed by atoms with Crippen LogP contribution in [0.5, 0.6) is 0 Å². The fourth-order valence-electron chi connectivity index (χ4n) is 2.04. The molecule has 8 heteroatoms. The molecule has 0 unspecified atom stereocenters. The minimum Gasteiger partial charge on any atom is -0.312 e. The first-order valence-corrected chi connectivity index (χ1v) is 10.8. The zero-order chi connectivity index (χ0) is 17.2. The number of benzene rings is 2. The van der Waals surface area contributed by atoms with Crippen LogP contribution in [0.3, 0.4) is 0 Å². The molecule has 3 aromatic rings. The van der Waals surface area contributed by atoms with Crippen LogP contribution in [0.4, 0.5) is 5.00 Å². The Labute approximate surface area is 151 Å². The lowest BCUT2D eigenvalue weighted by molar-refractivity contribution is 0.102. The number of sulfone groups is 1. The van der Waals surface area contributed by atoms with Crippen LogP contribution in [0.2, 0.25) is 0 Å². The van der Waals surface area contributed by atoms with E-state index in [-0.39, 0.29) is 24.5 Å². The molecule has 1 aromatic heterocycles. The third-order valence-electron chi connectivity index (χ3n) is 3.18. The number of rotatable bonds is 4. The van der Waals surface area contributed by atoms with Crippen molar-refractivity contribution in [1.82, 2.24) is 0 Å². The molecular formula is C16H11NO3S4. The van der Waals surface area contributed by atoms with E-state index in [4.69, 9.17) is 12.2 Å². The van der Waals surface area contributed by atoms with Gasteiger partial charge >= 0.3 is 0 Å². The van der Waals surface area contributed by atoms with E-state index in [1.165, 1.54) is 12.1 Å². The predicted molar refractivity (Wildman–Crippen MR) is 99.3 cm³/mol. The van der Waals surface area contributed by atoms with Crippen LogP contribution in [0.15, 0.2) is 70.5 Å². The van der Waals surface area contributed by atoms with Crippen LogP contribution in [-0.2, 0) is 9.84 Å². The van der Waals surface area contributed by atoms with Gasteiger partial charge in [-0.05, 0) is 24.3 Å². The molecule has 0 bridgehead atoms. The molecule has 0 aliphatic heterocycles. The Kier molecular flexibility index (Phi) is 4.91. The fraction of sp³-hybridized carbons (Fsp3) is 0. The Morgan fingerprint density at radius 3 is 2.12 bits per heavy atom. The van der Waals surface area contributed by atoms with E-state index in [2.05, 4.69) is 5.32 Å². The number of amides is 1. The molecule has 0 radical (unpaired) electrons. The van der Waals surface area contributed by atoms with Gasteiger partial charge in [0.1, 0.15) is 13.7 Å². The zero-order valence-corrected chi connectivity index (χ0v) is 15.4. The van der Waals surface area contributed by atoms with E-state index in [0.717, 1.165) is 20.7 Å². The van der Waals surface area contributed by atoms with E-state index in [1.54, 1.807) is 48.5 Å². The molecule has 1 N–H and O–H groups in total. The van der Waals surface area contributed by atoms with Gasteiger partial charge in [0.25, 0.3) is 5.91 Å². The normalized spacial score (nSPS) is 11.2. The Hall–Kier alpha value is -1.87. The van der Waals surface area contributed by atoms with E-state index < -0.39 is 9.84 Å². The molecule has 0 aliphatic carbocycles. The third-order valence-corrected chi connectivity index (χ3v) is 8.34. The number of hydrogen-bond donors (Lipinski definition) is 1. The van der Waals surface area contributed by atoms with Gasteiger partial charge in [0.15, 0.2) is 0 Å². The van der Waals surface area contributed by atoms with Crippen LogP contribution >= 0.6 is 32.9 Å². The molecular weight excluding hydrogens is 382 g/mol. The van der Waals surface area contributed by atoms with Gasteiger partial charge in [0.2, 0.25) is 9.84 Å². The first kappa shape index (κ1) is 17.0. The fourth-order valence-corrected chi connectivity index (χ4v) is 7.15. The minimum atomic E-state index is -3.78. The molecule has 1 heterocycles. The maximum Gasteiger partial charge on any atom is 0.256 e. The van der Waals surface area contributed by atoms with Crippen molar-refractivity contribution < 1.29 is 13.2 Å². The third kappa shape index (κ3) is 3.32. The van der Waals surface area contributed by atoms with Crippen molar-refractivity contribution in [1.29, 1.82) is 0 Å². The number of hydrogen-bond acceptors (Lipinski definition) is 6. The number of anilines is 1. The summed E-state index contributed by atoms with van der Waals surface area (Å²) >= 11 is 5.19. The van der Waals surface area contributed by atoms with Crippen LogP contribution < -0.4 is 5.32 Å². The molecule has 3 rings (SSSR count). The van der Waals surface area contributed by atoms with Crippen molar-refractivity contribution in [2.24, 2.45) is 0 Å². The summed E-state index contributed by atoms with van der Waals surface area (Å²) < 4.78 is 25.9. The second kappa shape index (κ2) is 6.94.